The molecule has 1 aromatic carbocycles. The van der Waals surface area contributed by atoms with Crippen LogP contribution in [0, 0.1) is 9.49 Å². The number of fused-ring (bicyclic) bond motifs is 1. The smallest absolute Gasteiger partial charge is 0.355 e. The van der Waals surface area contributed by atoms with Gasteiger partial charge in [0, 0.05) is 10.5 Å². The van der Waals surface area contributed by atoms with Crippen molar-refractivity contribution in [2.24, 2.45) is 11.0 Å². The van der Waals surface area contributed by atoms with Crippen molar-refractivity contribution < 1.29 is 23.9 Å². The summed E-state index contributed by atoms with van der Waals surface area (Å²) < 4.78 is 5.56. The van der Waals surface area contributed by atoms with E-state index in [4.69, 9.17) is 0 Å². The molecule has 0 aliphatic carbocycles. The summed E-state index contributed by atoms with van der Waals surface area (Å²) in [6.45, 7) is 1.21. The normalized spacial score (nSPS) is 22.5. The maximum absolute atomic E-state index is 12.8. The summed E-state index contributed by atoms with van der Waals surface area (Å²) >= 11 is 2.10. The molecule has 1 fully saturated rings. The highest BCUT2D eigenvalue weighted by molar-refractivity contribution is 14.1. The van der Waals surface area contributed by atoms with Crippen LogP contribution in [0.15, 0.2) is 29.4 Å². The monoisotopic (exact) mass is 441 g/mol. The van der Waals surface area contributed by atoms with E-state index in [9.17, 15) is 19.2 Å². The molecule has 9 heteroatoms. The van der Waals surface area contributed by atoms with Crippen LogP contribution in [0.1, 0.15) is 6.92 Å². The molecule has 0 saturated carbocycles. The fraction of sp³-hybridized carbons (Fsp3) is 0.267. The number of halogens is 1. The summed E-state index contributed by atoms with van der Waals surface area (Å²) in [6.07, 6.45) is 0. The molecule has 2 atom stereocenters. The van der Waals surface area contributed by atoms with Crippen LogP contribution in [-0.2, 0) is 23.9 Å². The summed E-state index contributed by atoms with van der Waals surface area (Å²) in [5.41, 5.74) is 0.150. The highest BCUT2D eigenvalue weighted by atomic mass is 127. The maximum Gasteiger partial charge on any atom is 0.355 e. The molecule has 0 aromatic heterocycles. The highest BCUT2D eigenvalue weighted by Gasteiger charge is 2.59. The van der Waals surface area contributed by atoms with E-state index < -0.39 is 35.7 Å². The second kappa shape index (κ2) is 5.96. The van der Waals surface area contributed by atoms with E-state index in [1.165, 1.54) is 6.92 Å². The van der Waals surface area contributed by atoms with Crippen molar-refractivity contribution in [3.05, 3.63) is 27.8 Å². The van der Waals surface area contributed by atoms with Crippen LogP contribution in [0.5, 0.6) is 0 Å². The quantitative estimate of drug-likeness (QED) is 0.379. The third-order valence-corrected chi connectivity index (χ3v) is 4.57. The van der Waals surface area contributed by atoms with E-state index in [0.717, 1.165) is 20.6 Å². The second-order valence-electron chi connectivity index (χ2n) is 5.25. The Morgan fingerprint density at radius 1 is 1.17 bits per heavy atom. The lowest BCUT2D eigenvalue weighted by Gasteiger charge is -2.19. The number of amides is 3. The fourth-order valence-electron chi connectivity index (χ4n) is 2.79. The Morgan fingerprint density at radius 2 is 1.79 bits per heavy atom. The number of hydrogen-bond acceptors (Lipinski definition) is 6. The lowest BCUT2D eigenvalue weighted by atomic mass is 9.98. The zero-order chi connectivity index (χ0) is 17.6. The van der Waals surface area contributed by atoms with Gasteiger partial charge in [-0.25, -0.2) is 14.7 Å². The minimum absolute atomic E-state index is 0.232. The molecule has 3 amide bonds. The zero-order valence-corrected chi connectivity index (χ0v) is 14.9. The van der Waals surface area contributed by atoms with Crippen LogP contribution < -0.4 is 4.90 Å². The molecule has 0 spiro atoms. The van der Waals surface area contributed by atoms with Gasteiger partial charge in [0.2, 0.25) is 11.8 Å². The number of benzene rings is 1. The first-order valence-electron chi connectivity index (χ1n) is 6.96. The van der Waals surface area contributed by atoms with E-state index >= 15 is 0 Å². The van der Waals surface area contributed by atoms with Crippen molar-refractivity contribution >= 4 is 57.7 Å². The summed E-state index contributed by atoms with van der Waals surface area (Å²) in [7, 11) is 1.15. The Kier molecular flexibility index (Phi) is 4.11. The van der Waals surface area contributed by atoms with E-state index in [1.54, 1.807) is 24.3 Å². The molecule has 0 unspecified atom stereocenters. The average molecular weight is 441 g/mol. The number of ether oxygens (including phenoxy) is 1. The minimum Gasteiger partial charge on any atom is -0.464 e. The van der Waals surface area contributed by atoms with Gasteiger partial charge in [-0.15, -0.1) is 0 Å². The molecule has 0 bridgehead atoms. The summed E-state index contributed by atoms with van der Waals surface area (Å²) in [4.78, 5) is 50.1. The molecule has 124 valence electrons. The van der Waals surface area contributed by atoms with E-state index in [0.29, 0.717) is 5.69 Å². The topological polar surface area (TPSA) is 96.3 Å². The van der Waals surface area contributed by atoms with E-state index in [2.05, 4.69) is 32.4 Å². The van der Waals surface area contributed by atoms with Crippen molar-refractivity contribution in [1.29, 1.82) is 0 Å². The molecule has 3 rings (SSSR count). The van der Waals surface area contributed by atoms with Gasteiger partial charge in [-0.2, -0.15) is 5.10 Å². The standard InChI is InChI=1S/C15H12IN3O5/c1-7(20)19-12-10(11(17-19)15(23)24-2)13(21)18(14(12)22)9-5-3-8(16)4-6-9/h3-6,10,12H,1-2H3/t10-,12+/m0/s1. The average Bonchev–Trinajstić information content (AvgIpc) is 3.06. The lowest BCUT2D eigenvalue weighted by Crippen LogP contribution is -2.41. The predicted octanol–water partition coefficient (Wildman–Crippen LogP) is 0.540. The number of nitrogens with zero attached hydrogens (tertiary/aromatic N) is 3. The number of carbonyl (C=O) groups excluding carboxylic acids is 4. The van der Waals surface area contributed by atoms with Crippen LogP contribution >= 0.6 is 22.6 Å². The molecule has 0 N–H and O–H groups in total. The number of hydrazone groups is 1. The molecule has 0 radical (unpaired) electrons. The van der Waals surface area contributed by atoms with Crippen LogP contribution in [0.4, 0.5) is 5.69 Å². The number of rotatable bonds is 2. The van der Waals surface area contributed by atoms with E-state index in [-0.39, 0.29) is 5.71 Å². The zero-order valence-electron chi connectivity index (χ0n) is 12.7. The third-order valence-electron chi connectivity index (χ3n) is 3.85. The third kappa shape index (κ3) is 2.39. The molecule has 1 aromatic rings. The van der Waals surface area contributed by atoms with Gasteiger partial charge in [-0.05, 0) is 46.9 Å². The number of imide groups is 1. The Morgan fingerprint density at radius 3 is 2.33 bits per heavy atom. The number of anilines is 1. The van der Waals surface area contributed by atoms with Crippen molar-refractivity contribution in [3.8, 4) is 0 Å². The largest absolute Gasteiger partial charge is 0.464 e. The van der Waals surface area contributed by atoms with Gasteiger partial charge < -0.3 is 4.74 Å². The summed E-state index contributed by atoms with van der Waals surface area (Å²) in [5, 5.41) is 4.72. The van der Waals surface area contributed by atoms with Crippen LogP contribution in [-0.4, -0.2) is 47.6 Å². The van der Waals surface area contributed by atoms with Crippen LogP contribution in [0.25, 0.3) is 0 Å². The van der Waals surface area contributed by atoms with Gasteiger partial charge >= 0.3 is 5.97 Å². The first-order chi connectivity index (χ1) is 11.4. The van der Waals surface area contributed by atoms with Gasteiger partial charge in [0.05, 0.1) is 12.8 Å². The molecule has 2 aliphatic heterocycles. The van der Waals surface area contributed by atoms with Crippen LogP contribution in [0.2, 0.25) is 0 Å². The molecule has 8 nitrogen and oxygen atoms in total. The highest BCUT2D eigenvalue weighted by Crippen LogP contribution is 2.35. The summed E-state index contributed by atoms with van der Waals surface area (Å²) in [6, 6.07) is 5.62. The lowest BCUT2D eigenvalue weighted by molar-refractivity contribution is -0.136. The number of methoxy groups -OCH3 is 1. The van der Waals surface area contributed by atoms with Crippen molar-refractivity contribution in [2.45, 2.75) is 13.0 Å². The Balaban J connectivity index is 2.05. The maximum atomic E-state index is 12.8. The molecule has 1 saturated heterocycles. The number of carbonyl (C=O) groups is 4. The van der Waals surface area contributed by atoms with Gasteiger partial charge in [0.1, 0.15) is 5.92 Å². The Bertz CT molecular complexity index is 789. The number of hydrogen-bond donors (Lipinski definition) is 0. The summed E-state index contributed by atoms with van der Waals surface area (Å²) in [5.74, 6) is -3.70. The first-order valence-corrected chi connectivity index (χ1v) is 8.04. The van der Waals surface area contributed by atoms with Crippen molar-refractivity contribution in [3.63, 3.8) is 0 Å². The first kappa shape index (κ1) is 16.6. The SMILES string of the molecule is COC(=O)C1=NN(C(C)=O)[C@H]2C(=O)N(c3ccc(I)cc3)C(=O)[C@@H]12. The predicted molar refractivity (Wildman–Crippen MR) is 90.9 cm³/mol. The molecule has 24 heavy (non-hydrogen) atoms. The number of esters is 1. The van der Waals surface area contributed by atoms with Gasteiger partial charge in [-0.3, -0.25) is 14.4 Å². The van der Waals surface area contributed by atoms with Gasteiger partial charge in [-0.1, -0.05) is 0 Å². The molecule has 2 heterocycles. The Labute approximate surface area is 150 Å². The Hall–Kier alpha value is -2.30. The fourth-order valence-corrected chi connectivity index (χ4v) is 3.15. The molecular formula is C15H12IN3O5. The van der Waals surface area contributed by atoms with Gasteiger partial charge in [0.25, 0.3) is 5.91 Å². The van der Waals surface area contributed by atoms with Gasteiger partial charge in [0.15, 0.2) is 11.8 Å². The molecule has 2 aliphatic rings. The molecular weight excluding hydrogens is 429 g/mol. The van der Waals surface area contributed by atoms with Crippen LogP contribution in [0.3, 0.4) is 0 Å². The minimum atomic E-state index is -1.15. The second-order valence-corrected chi connectivity index (χ2v) is 6.50. The van der Waals surface area contributed by atoms with Crippen molar-refractivity contribution in [1.82, 2.24) is 5.01 Å². The van der Waals surface area contributed by atoms with E-state index in [1.807, 2.05) is 0 Å². The van der Waals surface area contributed by atoms with Crippen molar-refractivity contribution in [2.75, 3.05) is 12.0 Å².